The number of fused-ring (bicyclic) bond motifs is 2. The van der Waals surface area contributed by atoms with Crippen molar-refractivity contribution in [2.24, 2.45) is 0 Å². The summed E-state index contributed by atoms with van der Waals surface area (Å²) in [6, 6.07) is 41.1. The third-order valence-corrected chi connectivity index (χ3v) is 8.89. The van der Waals surface area contributed by atoms with Gasteiger partial charge in [0, 0.05) is 57.0 Å². The highest BCUT2D eigenvalue weighted by Crippen LogP contribution is 2.27. The number of nitrogens with zero attached hydrogens (tertiary/aromatic N) is 6. The SMILES string of the molecule is Brc1cccc(-c2nc3ccn(Cc4ccc(I)cc4)cc-3n2)c1.C(=Cc1ccccc1)Cn1ccc2nc(-c3ccccc3)nc-2c1. The van der Waals surface area contributed by atoms with Gasteiger partial charge in [-0.3, -0.25) is 0 Å². The Balaban J connectivity index is 0.000000152. The van der Waals surface area contributed by atoms with Crippen LogP contribution in [0.15, 0.2) is 157 Å². The first-order valence-electron chi connectivity index (χ1n) is 15.5. The van der Waals surface area contributed by atoms with E-state index in [1.165, 1.54) is 14.7 Å². The maximum Gasteiger partial charge on any atom is 0.160 e. The van der Waals surface area contributed by atoms with E-state index in [-0.39, 0.29) is 0 Å². The molecule has 4 aliphatic heterocycles. The molecule has 0 bridgehead atoms. The van der Waals surface area contributed by atoms with Crippen molar-refractivity contribution in [3.05, 3.63) is 171 Å². The maximum absolute atomic E-state index is 4.69. The van der Waals surface area contributed by atoms with E-state index < -0.39 is 0 Å². The fourth-order valence-corrected chi connectivity index (χ4v) is 6.02. The van der Waals surface area contributed by atoms with Crippen molar-refractivity contribution in [2.45, 2.75) is 13.1 Å². The first-order valence-corrected chi connectivity index (χ1v) is 17.4. The lowest BCUT2D eigenvalue weighted by Gasteiger charge is -2.08. The van der Waals surface area contributed by atoms with Gasteiger partial charge in [0.25, 0.3) is 0 Å². The summed E-state index contributed by atoms with van der Waals surface area (Å²) in [5.41, 5.74) is 8.22. The average Bonchev–Trinajstić information content (AvgIpc) is 3.75. The van der Waals surface area contributed by atoms with Gasteiger partial charge in [0.2, 0.25) is 0 Å². The van der Waals surface area contributed by atoms with Crippen LogP contribution in [0.25, 0.3) is 51.6 Å². The fourth-order valence-electron chi connectivity index (χ4n) is 5.26. The third kappa shape index (κ3) is 7.95. The molecule has 0 fully saturated rings. The van der Waals surface area contributed by atoms with Crippen molar-refractivity contribution < 1.29 is 0 Å². The predicted molar refractivity (Wildman–Crippen MR) is 206 cm³/mol. The number of aromatic nitrogens is 6. The summed E-state index contributed by atoms with van der Waals surface area (Å²) in [7, 11) is 0. The van der Waals surface area contributed by atoms with Crippen molar-refractivity contribution >= 4 is 44.6 Å². The Hall–Kier alpha value is -4.93. The second-order valence-corrected chi connectivity index (χ2v) is 13.4. The number of hydrogen-bond acceptors (Lipinski definition) is 4. The molecule has 234 valence electrons. The molecule has 0 radical (unpaired) electrons. The molecular formula is C40H30BrIN6. The molecule has 4 aromatic rings. The molecule has 4 heterocycles. The van der Waals surface area contributed by atoms with E-state index in [0.717, 1.165) is 63.1 Å². The predicted octanol–water partition coefficient (Wildman–Crippen LogP) is 10.2. The van der Waals surface area contributed by atoms with Crippen molar-refractivity contribution in [2.75, 3.05) is 0 Å². The summed E-state index contributed by atoms with van der Waals surface area (Å²) in [5, 5.41) is 0. The highest BCUT2D eigenvalue weighted by atomic mass is 127. The van der Waals surface area contributed by atoms with Crippen molar-refractivity contribution in [3.8, 4) is 45.6 Å². The molecule has 0 N–H and O–H groups in total. The van der Waals surface area contributed by atoms with Crippen molar-refractivity contribution in [1.82, 2.24) is 29.1 Å². The Bertz CT molecular complexity index is 2210. The van der Waals surface area contributed by atoms with Gasteiger partial charge in [-0.25, -0.2) is 19.9 Å². The van der Waals surface area contributed by atoms with E-state index in [1.54, 1.807) is 0 Å². The van der Waals surface area contributed by atoms with Gasteiger partial charge < -0.3 is 9.13 Å². The second kappa shape index (κ2) is 14.9. The molecule has 0 saturated carbocycles. The summed E-state index contributed by atoms with van der Waals surface area (Å²) in [6.45, 7) is 1.63. The normalized spacial score (nSPS) is 11.2. The van der Waals surface area contributed by atoms with Gasteiger partial charge in [-0.2, -0.15) is 0 Å². The lowest BCUT2D eigenvalue weighted by Crippen LogP contribution is -2.00. The summed E-state index contributed by atoms with van der Waals surface area (Å²) >= 11 is 5.82. The first kappa shape index (κ1) is 31.7. The summed E-state index contributed by atoms with van der Waals surface area (Å²) < 4.78 is 6.54. The minimum Gasteiger partial charge on any atom is -0.348 e. The van der Waals surface area contributed by atoms with Crippen molar-refractivity contribution in [1.29, 1.82) is 0 Å². The van der Waals surface area contributed by atoms with Crippen LogP contribution < -0.4 is 0 Å². The standard InChI is InChI=1S/C21H17N3.C19H13BrIN3/c1-3-8-17(9-4-1)10-7-14-24-15-13-19-20(16-24)23-21(22-19)18-11-5-2-6-12-18;20-15-3-1-2-14(10-15)19-22-17-8-9-24(12-18(17)23-19)11-13-4-6-16(21)7-5-13/h1-13,15-16H,14H2;1-10,12H,11H2. The second-order valence-electron chi connectivity index (χ2n) is 11.2. The topological polar surface area (TPSA) is 61.4 Å². The van der Waals surface area contributed by atoms with Crippen LogP contribution in [0.1, 0.15) is 11.1 Å². The van der Waals surface area contributed by atoms with E-state index in [9.17, 15) is 0 Å². The number of rotatable bonds is 7. The van der Waals surface area contributed by atoms with Crippen LogP contribution in [0.3, 0.4) is 0 Å². The quantitative estimate of drug-likeness (QED) is 0.151. The highest BCUT2D eigenvalue weighted by Gasteiger charge is 2.14. The summed E-state index contributed by atoms with van der Waals surface area (Å²) in [4.78, 5) is 18.6. The lowest BCUT2D eigenvalue weighted by atomic mass is 10.2. The largest absolute Gasteiger partial charge is 0.348 e. The Morgan fingerprint density at radius 1 is 0.583 bits per heavy atom. The number of halogens is 2. The van der Waals surface area contributed by atoms with E-state index in [1.807, 2.05) is 97.3 Å². The van der Waals surface area contributed by atoms with Crippen LogP contribution in [0.5, 0.6) is 0 Å². The molecule has 48 heavy (non-hydrogen) atoms. The number of benzene rings is 4. The molecule has 4 aromatic carbocycles. The number of hydrogen-bond donors (Lipinski definition) is 0. The zero-order chi connectivity index (χ0) is 32.7. The van der Waals surface area contributed by atoms with Crippen LogP contribution in [0.2, 0.25) is 0 Å². The van der Waals surface area contributed by atoms with Gasteiger partial charge >= 0.3 is 0 Å². The van der Waals surface area contributed by atoms with Crippen LogP contribution in [0.4, 0.5) is 0 Å². The van der Waals surface area contributed by atoms with Gasteiger partial charge in [-0.1, -0.05) is 113 Å². The molecule has 0 unspecified atom stereocenters. The number of imidazole rings is 2. The van der Waals surface area contributed by atoms with E-state index in [0.29, 0.717) is 0 Å². The zero-order valence-electron chi connectivity index (χ0n) is 25.9. The number of allylic oxidation sites excluding steroid dienone is 1. The van der Waals surface area contributed by atoms with Crippen LogP contribution >= 0.6 is 38.5 Å². The Labute approximate surface area is 301 Å². The lowest BCUT2D eigenvalue weighted by molar-refractivity contribution is 0.789. The highest BCUT2D eigenvalue weighted by molar-refractivity contribution is 14.1. The maximum atomic E-state index is 4.69. The first-order chi connectivity index (χ1) is 23.6. The van der Waals surface area contributed by atoms with E-state index in [2.05, 4.69) is 129 Å². The average molecular weight is 802 g/mol. The van der Waals surface area contributed by atoms with Crippen LogP contribution in [-0.4, -0.2) is 29.1 Å². The van der Waals surface area contributed by atoms with Gasteiger partial charge in [-0.15, -0.1) is 0 Å². The third-order valence-electron chi connectivity index (χ3n) is 7.67. The summed E-state index contributed by atoms with van der Waals surface area (Å²) in [5.74, 6) is 1.54. The smallest absolute Gasteiger partial charge is 0.160 e. The number of pyridine rings is 2. The van der Waals surface area contributed by atoms with Crippen molar-refractivity contribution in [3.63, 3.8) is 0 Å². The molecular weight excluding hydrogens is 771 g/mol. The Kier molecular flexibility index (Phi) is 9.81. The molecule has 8 rings (SSSR count). The molecule has 0 aromatic heterocycles. The van der Waals surface area contributed by atoms with E-state index >= 15 is 0 Å². The van der Waals surface area contributed by atoms with Gasteiger partial charge in [0.1, 0.15) is 11.4 Å². The molecule has 0 amide bonds. The zero-order valence-corrected chi connectivity index (χ0v) is 29.6. The van der Waals surface area contributed by atoms with Crippen LogP contribution in [0, 0.1) is 3.57 Å². The molecule has 8 heteroatoms. The van der Waals surface area contributed by atoms with Gasteiger partial charge in [0.05, 0.1) is 11.4 Å². The Morgan fingerprint density at radius 2 is 1.17 bits per heavy atom. The molecule has 0 atom stereocenters. The molecule has 6 nitrogen and oxygen atoms in total. The molecule has 4 aliphatic rings. The van der Waals surface area contributed by atoms with Crippen LogP contribution in [-0.2, 0) is 13.1 Å². The van der Waals surface area contributed by atoms with Gasteiger partial charge in [0.15, 0.2) is 11.6 Å². The monoisotopic (exact) mass is 800 g/mol. The molecule has 0 spiro atoms. The van der Waals surface area contributed by atoms with E-state index in [4.69, 9.17) is 0 Å². The fraction of sp³-hybridized carbons (Fsp3) is 0.0500. The van der Waals surface area contributed by atoms with Gasteiger partial charge in [-0.05, 0) is 70.1 Å². The Morgan fingerprint density at radius 3 is 1.85 bits per heavy atom. The molecule has 0 aliphatic carbocycles. The summed E-state index contributed by atoms with van der Waals surface area (Å²) in [6.07, 6.45) is 12.5. The molecule has 0 saturated heterocycles. The minimum atomic E-state index is 0.762. The minimum absolute atomic E-state index is 0.762.